The quantitative estimate of drug-likeness (QED) is 0.940. The molecule has 116 valence electrons. The smallest absolute Gasteiger partial charge is 0.317 e. The fraction of sp³-hybridized carbons (Fsp3) is 0.375. The zero-order chi connectivity index (χ0) is 15.2. The van der Waals surface area contributed by atoms with E-state index in [9.17, 15) is 4.79 Å². The Kier molecular flexibility index (Phi) is 5.03. The summed E-state index contributed by atoms with van der Waals surface area (Å²) in [5, 5.41) is 5.07. The van der Waals surface area contributed by atoms with Crippen LogP contribution < -0.4 is 5.32 Å². The number of thiophene rings is 1. The zero-order valence-corrected chi connectivity index (χ0v) is 13.3. The third-order valence-electron chi connectivity index (χ3n) is 3.79. The topological polar surface area (TPSA) is 48.5 Å². The van der Waals surface area contributed by atoms with Crippen LogP contribution >= 0.6 is 11.3 Å². The normalized spacial score (nSPS) is 15.7. The van der Waals surface area contributed by atoms with Gasteiger partial charge >= 0.3 is 6.03 Å². The summed E-state index contributed by atoms with van der Waals surface area (Å²) in [5.41, 5.74) is 1.02. The highest BCUT2D eigenvalue weighted by molar-refractivity contribution is 7.09. The molecule has 0 radical (unpaired) electrons. The molecule has 0 atom stereocenters. The van der Waals surface area contributed by atoms with Crippen molar-refractivity contribution in [1.82, 2.24) is 20.1 Å². The highest BCUT2D eigenvalue weighted by Crippen LogP contribution is 2.13. The van der Waals surface area contributed by atoms with Gasteiger partial charge in [-0.05, 0) is 23.1 Å². The molecule has 5 nitrogen and oxygen atoms in total. The molecule has 1 fully saturated rings. The summed E-state index contributed by atoms with van der Waals surface area (Å²) in [4.78, 5) is 21.9. The summed E-state index contributed by atoms with van der Waals surface area (Å²) in [6, 6.07) is 8.11. The van der Waals surface area contributed by atoms with E-state index in [0.717, 1.165) is 38.3 Å². The van der Waals surface area contributed by atoms with Crippen LogP contribution in [0.2, 0.25) is 0 Å². The minimum atomic E-state index is 0.0135. The van der Waals surface area contributed by atoms with Gasteiger partial charge in [0, 0.05) is 56.5 Å². The van der Waals surface area contributed by atoms with Gasteiger partial charge in [-0.2, -0.15) is 0 Å². The molecule has 0 unspecified atom stereocenters. The lowest BCUT2D eigenvalue weighted by molar-refractivity contribution is 0.135. The molecule has 1 N–H and O–H groups in total. The molecule has 0 aliphatic carbocycles. The van der Waals surface area contributed by atoms with Crippen LogP contribution in [0.25, 0.3) is 0 Å². The first-order valence-corrected chi connectivity index (χ1v) is 8.35. The zero-order valence-electron chi connectivity index (χ0n) is 12.4. The highest BCUT2D eigenvalue weighted by atomic mass is 32.1. The van der Waals surface area contributed by atoms with Gasteiger partial charge in [-0.1, -0.05) is 12.1 Å². The van der Waals surface area contributed by atoms with Gasteiger partial charge in [-0.3, -0.25) is 9.88 Å². The van der Waals surface area contributed by atoms with Gasteiger partial charge in [0.15, 0.2) is 0 Å². The Bertz CT molecular complexity index is 579. The number of amides is 2. The summed E-state index contributed by atoms with van der Waals surface area (Å²) in [6.45, 7) is 4.94. The van der Waals surface area contributed by atoms with Crippen molar-refractivity contribution in [3.63, 3.8) is 0 Å². The van der Waals surface area contributed by atoms with Gasteiger partial charge in [0.1, 0.15) is 0 Å². The van der Waals surface area contributed by atoms with Crippen LogP contribution in [0.15, 0.2) is 42.0 Å². The molecule has 2 aromatic rings. The first kappa shape index (κ1) is 15.0. The average Bonchev–Trinajstić information content (AvgIpc) is 3.07. The van der Waals surface area contributed by atoms with Gasteiger partial charge in [0.25, 0.3) is 0 Å². The Balaban J connectivity index is 1.42. The van der Waals surface area contributed by atoms with E-state index in [1.165, 1.54) is 4.88 Å². The van der Waals surface area contributed by atoms with Gasteiger partial charge in [-0.25, -0.2) is 4.79 Å². The number of rotatable bonds is 4. The molecule has 3 heterocycles. The maximum absolute atomic E-state index is 12.2. The summed E-state index contributed by atoms with van der Waals surface area (Å²) >= 11 is 1.79. The summed E-state index contributed by atoms with van der Waals surface area (Å²) < 4.78 is 0. The van der Waals surface area contributed by atoms with Gasteiger partial charge < -0.3 is 10.2 Å². The predicted molar refractivity (Wildman–Crippen MR) is 87.6 cm³/mol. The van der Waals surface area contributed by atoms with E-state index < -0.39 is 0 Å². The second kappa shape index (κ2) is 7.38. The maximum Gasteiger partial charge on any atom is 0.317 e. The van der Waals surface area contributed by atoms with Crippen molar-refractivity contribution < 1.29 is 4.79 Å². The number of piperazine rings is 1. The molecule has 22 heavy (non-hydrogen) atoms. The molecule has 1 aliphatic heterocycles. The molecule has 0 spiro atoms. The molecule has 6 heteroatoms. The predicted octanol–water partition coefficient (Wildman–Crippen LogP) is 2.17. The number of carbonyl (C=O) groups is 1. The van der Waals surface area contributed by atoms with E-state index in [4.69, 9.17) is 0 Å². The third-order valence-corrected chi connectivity index (χ3v) is 4.65. The Morgan fingerprint density at radius 1 is 1.23 bits per heavy atom. The van der Waals surface area contributed by atoms with Crippen molar-refractivity contribution in [2.24, 2.45) is 0 Å². The summed E-state index contributed by atoms with van der Waals surface area (Å²) in [6.07, 6.45) is 3.51. The molecular weight excluding hydrogens is 296 g/mol. The third kappa shape index (κ3) is 4.05. The van der Waals surface area contributed by atoms with E-state index >= 15 is 0 Å². The standard InChI is InChI=1S/C16H20N4OS/c21-16(18-12-14-3-1-5-17-11-14)20-8-6-19(7-9-20)13-15-4-2-10-22-15/h1-5,10-11H,6-9,12-13H2,(H,18,21). The summed E-state index contributed by atoms with van der Waals surface area (Å²) in [5.74, 6) is 0. The van der Waals surface area contributed by atoms with Crippen LogP contribution in [0.5, 0.6) is 0 Å². The Hall–Kier alpha value is -1.92. The van der Waals surface area contributed by atoms with E-state index in [1.807, 2.05) is 17.0 Å². The van der Waals surface area contributed by atoms with Crippen LogP contribution in [0.3, 0.4) is 0 Å². The number of nitrogens with one attached hydrogen (secondary N) is 1. The van der Waals surface area contributed by atoms with Crippen molar-refractivity contribution in [2.45, 2.75) is 13.1 Å². The first-order chi connectivity index (χ1) is 10.8. The van der Waals surface area contributed by atoms with Gasteiger partial charge in [0.2, 0.25) is 0 Å². The van der Waals surface area contributed by atoms with Gasteiger partial charge in [0.05, 0.1) is 0 Å². The number of carbonyl (C=O) groups excluding carboxylic acids is 1. The fourth-order valence-corrected chi connectivity index (χ4v) is 3.27. The van der Waals surface area contributed by atoms with Crippen LogP contribution in [-0.4, -0.2) is 47.0 Å². The number of hydrogen-bond donors (Lipinski definition) is 1. The number of pyridine rings is 1. The van der Waals surface area contributed by atoms with Crippen LogP contribution in [-0.2, 0) is 13.1 Å². The average molecular weight is 316 g/mol. The van der Waals surface area contributed by atoms with Crippen LogP contribution in [0.4, 0.5) is 4.79 Å². The van der Waals surface area contributed by atoms with E-state index in [1.54, 1.807) is 23.7 Å². The number of aromatic nitrogens is 1. The van der Waals surface area contributed by atoms with Crippen molar-refractivity contribution in [1.29, 1.82) is 0 Å². The molecule has 1 saturated heterocycles. The van der Waals surface area contributed by atoms with Crippen molar-refractivity contribution in [2.75, 3.05) is 26.2 Å². The molecule has 0 aromatic carbocycles. The number of urea groups is 1. The van der Waals surface area contributed by atoms with E-state index in [0.29, 0.717) is 6.54 Å². The van der Waals surface area contributed by atoms with Crippen LogP contribution in [0, 0.1) is 0 Å². The molecule has 2 amide bonds. The van der Waals surface area contributed by atoms with Gasteiger partial charge in [-0.15, -0.1) is 11.3 Å². The lowest BCUT2D eigenvalue weighted by atomic mass is 10.3. The van der Waals surface area contributed by atoms with Crippen molar-refractivity contribution in [3.05, 3.63) is 52.5 Å². The van der Waals surface area contributed by atoms with Crippen molar-refractivity contribution >= 4 is 17.4 Å². The van der Waals surface area contributed by atoms with Crippen molar-refractivity contribution in [3.8, 4) is 0 Å². The molecule has 2 aromatic heterocycles. The molecule has 1 aliphatic rings. The number of nitrogens with zero attached hydrogens (tertiary/aromatic N) is 3. The summed E-state index contributed by atoms with van der Waals surface area (Å²) in [7, 11) is 0. The second-order valence-electron chi connectivity index (χ2n) is 5.36. The Labute approximate surface area is 134 Å². The highest BCUT2D eigenvalue weighted by Gasteiger charge is 2.20. The minimum absolute atomic E-state index is 0.0135. The molecule has 0 bridgehead atoms. The maximum atomic E-state index is 12.2. The Morgan fingerprint density at radius 2 is 2.09 bits per heavy atom. The van der Waals surface area contributed by atoms with E-state index in [-0.39, 0.29) is 6.03 Å². The van der Waals surface area contributed by atoms with E-state index in [2.05, 4.69) is 32.7 Å². The largest absolute Gasteiger partial charge is 0.334 e. The SMILES string of the molecule is O=C(NCc1cccnc1)N1CCN(Cc2cccs2)CC1. The Morgan fingerprint density at radius 3 is 2.77 bits per heavy atom. The number of hydrogen-bond acceptors (Lipinski definition) is 4. The first-order valence-electron chi connectivity index (χ1n) is 7.48. The lowest BCUT2D eigenvalue weighted by Gasteiger charge is -2.34. The molecular formula is C16H20N4OS. The second-order valence-corrected chi connectivity index (χ2v) is 6.39. The fourth-order valence-electron chi connectivity index (χ4n) is 2.52. The molecule has 3 rings (SSSR count). The monoisotopic (exact) mass is 316 g/mol. The van der Waals surface area contributed by atoms with Crippen LogP contribution in [0.1, 0.15) is 10.4 Å². The lowest BCUT2D eigenvalue weighted by Crippen LogP contribution is -2.51. The molecule has 0 saturated carbocycles. The minimum Gasteiger partial charge on any atom is -0.334 e.